The molecule has 0 aliphatic carbocycles. The van der Waals surface area contributed by atoms with E-state index in [-0.39, 0.29) is 5.54 Å². The van der Waals surface area contributed by atoms with Gasteiger partial charge in [0, 0.05) is 5.54 Å². The predicted molar refractivity (Wildman–Crippen MR) is 86.8 cm³/mol. The summed E-state index contributed by atoms with van der Waals surface area (Å²) in [6.45, 7) is 8.52. The second kappa shape index (κ2) is 6.18. The van der Waals surface area contributed by atoms with Gasteiger partial charge >= 0.3 is 6.00 Å². The molecular weight excluding hydrogens is 323 g/mol. The zero-order chi connectivity index (χ0) is 14.0. The van der Waals surface area contributed by atoms with Crippen LogP contribution in [0.15, 0.2) is 24.3 Å². The molecule has 18 heavy (non-hydrogen) atoms. The van der Waals surface area contributed by atoms with Crippen LogP contribution in [0, 0.1) is 0 Å². The molecule has 0 amide bonds. The van der Waals surface area contributed by atoms with Gasteiger partial charge in [0.15, 0.2) is 0 Å². The second-order valence-corrected chi connectivity index (χ2v) is 18.6. The van der Waals surface area contributed by atoms with Crippen molar-refractivity contribution in [2.24, 2.45) is 0 Å². The van der Waals surface area contributed by atoms with Gasteiger partial charge in [-0.2, -0.15) is 0 Å². The lowest BCUT2D eigenvalue weighted by molar-refractivity contribution is 0.557. The van der Waals surface area contributed by atoms with E-state index in [1.165, 1.54) is 0 Å². The fraction of sp³-hybridized carbons (Fsp3) is 0.500. The molecule has 1 unspecified atom stereocenters. The zero-order valence-corrected chi connectivity index (χ0v) is 15.4. The first-order valence-electron chi connectivity index (χ1n) is 5.99. The molecule has 0 aromatic heterocycles. The van der Waals surface area contributed by atoms with Crippen molar-refractivity contribution >= 4 is 47.6 Å². The Labute approximate surface area is 126 Å². The topological polar surface area (TPSA) is 9.23 Å². The summed E-state index contributed by atoms with van der Waals surface area (Å²) in [6, 6.07) is 5.26. The molecule has 1 atom stereocenters. The molecule has 0 saturated heterocycles. The van der Waals surface area contributed by atoms with Crippen molar-refractivity contribution in [2.75, 3.05) is 0 Å². The van der Waals surface area contributed by atoms with Gasteiger partial charge in [-0.05, 0) is 43.8 Å². The number of hydrogen-bond acceptors (Lipinski definition) is 1. The predicted octanol–water partition coefficient (Wildman–Crippen LogP) is 5.59. The fourth-order valence-corrected chi connectivity index (χ4v) is 6.18. The van der Waals surface area contributed by atoms with Crippen LogP contribution in [-0.4, -0.2) is 14.3 Å². The summed E-state index contributed by atoms with van der Waals surface area (Å²) >= 11 is 18.4. The van der Waals surface area contributed by atoms with Gasteiger partial charge in [-0.15, -0.1) is 33.2 Å². The minimum Gasteiger partial charge on any atom is -0.544 e. The Kier molecular flexibility index (Phi) is 5.63. The second-order valence-electron chi connectivity index (χ2n) is 5.29. The largest absolute Gasteiger partial charge is 0.544 e. The van der Waals surface area contributed by atoms with Crippen LogP contribution in [0.2, 0.25) is 19.6 Å². The highest BCUT2D eigenvalue weighted by molar-refractivity contribution is 7.65. The van der Waals surface area contributed by atoms with Crippen LogP contribution in [0.25, 0.3) is 0 Å². The molecule has 1 rings (SSSR count). The van der Waals surface area contributed by atoms with Gasteiger partial charge in [0.2, 0.25) is 8.32 Å². The van der Waals surface area contributed by atoms with Gasteiger partial charge in [0.1, 0.15) is 5.75 Å². The molecule has 0 heterocycles. The van der Waals surface area contributed by atoms with Crippen molar-refractivity contribution in [1.29, 1.82) is 0 Å². The van der Waals surface area contributed by atoms with E-state index >= 15 is 0 Å². The summed E-state index contributed by atoms with van der Waals surface area (Å²) in [5.74, 6) is 0.902. The summed E-state index contributed by atoms with van der Waals surface area (Å²) in [6.07, 6.45) is 0.844. The molecule has 1 aromatic carbocycles. The summed E-state index contributed by atoms with van der Waals surface area (Å²) in [5, 5.41) is 0. The zero-order valence-electron chi connectivity index (χ0n) is 11.1. The third-order valence-electron chi connectivity index (χ3n) is 2.51. The first-order valence-corrected chi connectivity index (χ1v) is 14.5. The Morgan fingerprint density at radius 2 is 1.56 bits per heavy atom. The number of benzene rings is 1. The van der Waals surface area contributed by atoms with Crippen molar-refractivity contribution in [3.63, 3.8) is 0 Å². The average molecular weight is 342 g/mol. The van der Waals surface area contributed by atoms with Gasteiger partial charge in [-0.25, -0.2) is 0 Å². The lowest BCUT2D eigenvalue weighted by atomic mass is 10.1. The minimum absolute atomic E-state index is 0.0448. The van der Waals surface area contributed by atoms with Crippen LogP contribution in [0.1, 0.15) is 24.4 Å². The number of rotatable bonds is 5. The number of halogens is 3. The molecular formula is C12H19Cl3OSi2. The Bertz CT molecular complexity index is 382. The Hall–Kier alpha value is 0.324. The van der Waals surface area contributed by atoms with Crippen LogP contribution in [0.4, 0.5) is 0 Å². The molecule has 0 spiro atoms. The maximum atomic E-state index is 6.13. The molecule has 1 aromatic rings. The van der Waals surface area contributed by atoms with E-state index in [0.29, 0.717) is 0 Å². The summed E-state index contributed by atoms with van der Waals surface area (Å²) < 4.78 is 5.91. The van der Waals surface area contributed by atoms with Crippen molar-refractivity contribution in [3.8, 4) is 5.75 Å². The first-order chi connectivity index (χ1) is 8.13. The van der Waals surface area contributed by atoms with Crippen molar-refractivity contribution in [1.82, 2.24) is 0 Å². The van der Waals surface area contributed by atoms with E-state index in [4.69, 9.17) is 37.7 Å². The molecule has 0 radical (unpaired) electrons. The van der Waals surface area contributed by atoms with Gasteiger partial charge in [-0.1, -0.05) is 19.1 Å². The molecule has 6 heteroatoms. The molecule has 0 aliphatic heterocycles. The molecule has 0 fully saturated rings. The van der Waals surface area contributed by atoms with Crippen LogP contribution in [0.3, 0.4) is 0 Å². The van der Waals surface area contributed by atoms with E-state index in [1.54, 1.807) is 0 Å². The lowest BCUT2D eigenvalue weighted by Crippen LogP contribution is -2.29. The fourth-order valence-electron chi connectivity index (χ4n) is 1.78. The normalized spacial score (nSPS) is 14.4. The molecule has 0 bridgehead atoms. The lowest BCUT2D eigenvalue weighted by Gasteiger charge is -2.23. The third-order valence-corrected chi connectivity index (χ3v) is 7.26. The Morgan fingerprint density at radius 3 is 1.89 bits per heavy atom. The van der Waals surface area contributed by atoms with Crippen LogP contribution < -0.4 is 4.43 Å². The van der Waals surface area contributed by atoms with Crippen molar-refractivity contribution in [3.05, 3.63) is 29.8 Å². The summed E-state index contributed by atoms with van der Waals surface area (Å²) in [4.78, 5) is 0. The van der Waals surface area contributed by atoms with Crippen molar-refractivity contribution < 1.29 is 4.43 Å². The standard InChI is InChI=1S/C12H19Cl3OSi2/c1-5-12(18(13,14)15)10-6-8-11(9-7-10)16-17(2,3)4/h6-9,12H,5H2,1-4H3. The van der Waals surface area contributed by atoms with Gasteiger partial charge in [0.05, 0.1) is 0 Å². The van der Waals surface area contributed by atoms with Crippen LogP contribution >= 0.6 is 33.2 Å². The van der Waals surface area contributed by atoms with Gasteiger partial charge < -0.3 is 4.43 Å². The highest BCUT2D eigenvalue weighted by Crippen LogP contribution is 2.39. The van der Waals surface area contributed by atoms with E-state index in [0.717, 1.165) is 17.7 Å². The quantitative estimate of drug-likeness (QED) is 0.501. The highest BCUT2D eigenvalue weighted by atomic mass is 35.8. The summed E-state index contributed by atoms with van der Waals surface area (Å²) in [7, 11) is -1.56. The van der Waals surface area contributed by atoms with E-state index < -0.39 is 14.3 Å². The average Bonchev–Trinajstić information content (AvgIpc) is 2.17. The van der Waals surface area contributed by atoms with Crippen LogP contribution in [0.5, 0.6) is 5.75 Å². The van der Waals surface area contributed by atoms with Crippen LogP contribution in [-0.2, 0) is 0 Å². The maximum Gasteiger partial charge on any atom is 0.348 e. The molecule has 0 aliphatic rings. The van der Waals surface area contributed by atoms with Gasteiger partial charge in [0.25, 0.3) is 0 Å². The van der Waals surface area contributed by atoms with E-state index in [1.807, 2.05) is 31.2 Å². The molecule has 102 valence electrons. The molecule has 0 saturated carbocycles. The van der Waals surface area contributed by atoms with E-state index in [2.05, 4.69) is 19.6 Å². The van der Waals surface area contributed by atoms with Crippen molar-refractivity contribution in [2.45, 2.75) is 38.5 Å². The monoisotopic (exact) mass is 340 g/mol. The maximum absolute atomic E-state index is 6.13. The Balaban J connectivity index is 2.88. The highest BCUT2D eigenvalue weighted by Gasteiger charge is 2.36. The minimum atomic E-state index is -2.71. The Morgan fingerprint density at radius 1 is 1.06 bits per heavy atom. The number of hydrogen-bond donors (Lipinski definition) is 0. The van der Waals surface area contributed by atoms with E-state index in [9.17, 15) is 0 Å². The SMILES string of the molecule is CCC(c1ccc(O[Si](C)(C)C)cc1)[Si](Cl)(Cl)Cl. The third kappa shape index (κ3) is 5.13. The molecule has 1 nitrogen and oxygen atoms in total. The van der Waals surface area contributed by atoms with Gasteiger partial charge in [-0.3, -0.25) is 0 Å². The summed E-state index contributed by atoms with van der Waals surface area (Å²) in [5.41, 5.74) is 1.13. The smallest absolute Gasteiger partial charge is 0.348 e. The molecule has 0 N–H and O–H groups in total. The first kappa shape index (κ1) is 16.4.